The predicted molar refractivity (Wildman–Crippen MR) is 144 cm³/mol. The Morgan fingerprint density at radius 1 is 0.857 bits per heavy atom. The molecule has 0 fully saturated rings. The summed E-state index contributed by atoms with van der Waals surface area (Å²) in [6.07, 6.45) is -5.33. The third kappa shape index (κ3) is 7.38. The molecule has 222 valence electrons. The van der Waals surface area contributed by atoms with E-state index in [1.807, 2.05) is 0 Å². The summed E-state index contributed by atoms with van der Waals surface area (Å²) in [6.45, 7) is 0. The number of carbonyl (C=O) groups excluding carboxylic acids is 3. The lowest BCUT2D eigenvalue weighted by atomic mass is 10.0. The maximum Gasteiger partial charge on any atom is 0.491 e. The molecule has 3 rings (SSSR count). The van der Waals surface area contributed by atoms with Crippen LogP contribution in [-0.4, -0.2) is 51.1 Å². The Kier molecular flexibility index (Phi) is 9.80. The van der Waals surface area contributed by atoms with Crippen LogP contribution >= 0.6 is 0 Å². The van der Waals surface area contributed by atoms with Gasteiger partial charge < -0.3 is 30.0 Å². The molecule has 42 heavy (non-hydrogen) atoms. The minimum Gasteiger partial charge on any atom is -0.493 e. The van der Waals surface area contributed by atoms with E-state index in [9.17, 15) is 27.6 Å². The van der Waals surface area contributed by atoms with E-state index in [0.717, 1.165) is 12.1 Å². The fourth-order valence-corrected chi connectivity index (χ4v) is 3.66. The highest BCUT2D eigenvalue weighted by Crippen LogP contribution is 2.40. The lowest BCUT2D eigenvalue weighted by Crippen LogP contribution is -2.45. The first-order valence-corrected chi connectivity index (χ1v) is 11.9. The van der Waals surface area contributed by atoms with Gasteiger partial charge in [-0.05, 0) is 42.0 Å². The fourth-order valence-electron chi connectivity index (χ4n) is 3.66. The van der Waals surface area contributed by atoms with E-state index in [4.69, 9.17) is 25.4 Å². The predicted octanol–water partition coefficient (Wildman–Crippen LogP) is 3.08. The molecule has 12 nitrogen and oxygen atoms in total. The number of carbonyl (C=O) groups is 3. The van der Waals surface area contributed by atoms with Crippen molar-refractivity contribution in [1.82, 2.24) is 10.9 Å². The van der Waals surface area contributed by atoms with Crippen molar-refractivity contribution in [2.45, 2.75) is 12.2 Å². The zero-order valence-corrected chi connectivity index (χ0v) is 22.4. The molecule has 0 heterocycles. The summed E-state index contributed by atoms with van der Waals surface area (Å²) in [5.41, 5.74) is 10.2. The van der Waals surface area contributed by atoms with Gasteiger partial charge in [-0.15, -0.1) is 0 Å². The highest BCUT2D eigenvalue weighted by molar-refractivity contribution is 5.99. The number of rotatable bonds is 10. The molecule has 2 amide bonds. The Hall–Kier alpha value is -5.47. The highest BCUT2D eigenvalue weighted by Gasteiger charge is 2.42. The van der Waals surface area contributed by atoms with Gasteiger partial charge in [-0.2, -0.15) is 13.2 Å². The molecule has 3 aromatic rings. The van der Waals surface area contributed by atoms with Crippen LogP contribution in [0, 0.1) is 5.41 Å². The number of hydrazine groups is 1. The number of amides is 2. The van der Waals surface area contributed by atoms with E-state index < -0.39 is 41.6 Å². The normalized spacial score (nSPS) is 11.5. The summed E-state index contributed by atoms with van der Waals surface area (Å²) < 4.78 is 59.1. The Balaban J connectivity index is 2.03. The molecule has 15 heteroatoms. The Labute approximate surface area is 237 Å². The number of nitrogens with two attached hydrogens (primary N) is 1. The van der Waals surface area contributed by atoms with Crippen molar-refractivity contribution in [2.24, 2.45) is 5.73 Å². The molecular weight excluding hydrogens is 563 g/mol. The molecule has 0 spiro atoms. The van der Waals surface area contributed by atoms with Crippen LogP contribution in [0.3, 0.4) is 0 Å². The average Bonchev–Trinajstić information content (AvgIpc) is 2.97. The third-order valence-corrected chi connectivity index (χ3v) is 5.63. The van der Waals surface area contributed by atoms with Gasteiger partial charge in [0.15, 0.2) is 11.5 Å². The van der Waals surface area contributed by atoms with Gasteiger partial charge >= 0.3 is 12.1 Å². The van der Waals surface area contributed by atoms with Gasteiger partial charge in [0, 0.05) is 17.3 Å². The molecule has 0 saturated carbocycles. The maximum absolute atomic E-state index is 13.4. The van der Waals surface area contributed by atoms with Crippen molar-refractivity contribution < 1.29 is 46.5 Å². The van der Waals surface area contributed by atoms with Gasteiger partial charge in [0.2, 0.25) is 5.75 Å². The lowest BCUT2D eigenvalue weighted by molar-refractivity contribution is -0.189. The number of alkyl halides is 3. The molecule has 1 atom stereocenters. The smallest absolute Gasteiger partial charge is 0.491 e. The van der Waals surface area contributed by atoms with Crippen molar-refractivity contribution >= 4 is 29.3 Å². The van der Waals surface area contributed by atoms with Gasteiger partial charge in [-0.25, -0.2) is 4.79 Å². The van der Waals surface area contributed by atoms with Crippen molar-refractivity contribution in [1.29, 1.82) is 5.41 Å². The second-order valence-corrected chi connectivity index (χ2v) is 8.36. The summed E-state index contributed by atoms with van der Waals surface area (Å²) in [4.78, 5) is 37.4. The second-order valence-electron chi connectivity index (χ2n) is 8.36. The minimum absolute atomic E-state index is 0.0201. The van der Waals surface area contributed by atoms with Crippen LogP contribution in [0.15, 0.2) is 60.7 Å². The zero-order valence-electron chi connectivity index (χ0n) is 22.4. The molecular formula is C27H26F3N5O7. The SMILES string of the molecule is COc1cc(C(Nc2ccc(C(=N)N)c(OC(=O)C(F)(F)F)c2)C(=O)NNC(=O)c2ccccc2)cc(OC)c1OC. The number of methoxy groups -OCH3 is 3. The van der Waals surface area contributed by atoms with E-state index in [0.29, 0.717) is 0 Å². The van der Waals surface area contributed by atoms with Gasteiger partial charge in [0.05, 0.1) is 26.9 Å². The summed E-state index contributed by atoms with van der Waals surface area (Å²) in [5.74, 6) is -4.78. The van der Waals surface area contributed by atoms with E-state index in [1.165, 1.54) is 51.7 Å². The Bertz CT molecular complexity index is 1460. The summed E-state index contributed by atoms with van der Waals surface area (Å²) in [5, 5.41) is 10.4. The molecule has 0 aliphatic rings. The number of amidine groups is 1. The van der Waals surface area contributed by atoms with Gasteiger partial charge in [0.25, 0.3) is 11.8 Å². The first-order chi connectivity index (χ1) is 19.9. The zero-order chi connectivity index (χ0) is 31.0. The summed E-state index contributed by atoms with van der Waals surface area (Å²) in [7, 11) is 4.08. The molecule has 0 radical (unpaired) electrons. The summed E-state index contributed by atoms with van der Waals surface area (Å²) >= 11 is 0. The van der Waals surface area contributed by atoms with Gasteiger partial charge in [-0.1, -0.05) is 18.2 Å². The fraction of sp³-hybridized carbons (Fsp3) is 0.185. The number of hydrogen-bond acceptors (Lipinski definition) is 9. The number of nitrogen functional groups attached to an aromatic ring is 1. The number of benzene rings is 3. The van der Waals surface area contributed by atoms with Gasteiger partial charge in [0.1, 0.15) is 17.6 Å². The Morgan fingerprint density at radius 3 is 2.00 bits per heavy atom. The van der Waals surface area contributed by atoms with E-state index in [2.05, 4.69) is 20.9 Å². The molecule has 3 aromatic carbocycles. The number of nitrogens with one attached hydrogen (secondary N) is 4. The number of esters is 1. The quantitative estimate of drug-likeness (QED) is 0.0783. The molecule has 0 aliphatic carbocycles. The number of halogens is 3. The monoisotopic (exact) mass is 589 g/mol. The van der Waals surface area contributed by atoms with Crippen LogP contribution in [0.2, 0.25) is 0 Å². The lowest BCUT2D eigenvalue weighted by Gasteiger charge is -2.23. The van der Waals surface area contributed by atoms with Crippen molar-refractivity contribution in [3.05, 3.63) is 77.4 Å². The van der Waals surface area contributed by atoms with Crippen molar-refractivity contribution in [2.75, 3.05) is 26.6 Å². The van der Waals surface area contributed by atoms with Crippen LogP contribution in [0.25, 0.3) is 0 Å². The molecule has 1 unspecified atom stereocenters. The molecule has 0 bridgehead atoms. The van der Waals surface area contributed by atoms with Crippen LogP contribution in [0.5, 0.6) is 23.0 Å². The Morgan fingerprint density at radius 2 is 1.48 bits per heavy atom. The third-order valence-electron chi connectivity index (χ3n) is 5.63. The van der Waals surface area contributed by atoms with E-state index in [1.54, 1.807) is 18.2 Å². The molecule has 0 aliphatic heterocycles. The molecule has 0 saturated heterocycles. The van der Waals surface area contributed by atoms with E-state index in [-0.39, 0.29) is 39.6 Å². The largest absolute Gasteiger partial charge is 0.493 e. The standard InChI is InChI=1S/C27H26F3N5O7/c1-39-19-11-15(12-20(40-2)22(19)41-3)21(25(37)35-34-24(36)14-7-5-4-6-8-14)33-16-9-10-17(23(31)32)18(13-16)42-26(38)27(28,29)30/h4-13,21,33H,1-3H3,(H3,31,32)(H,34,36)(H,35,37). The first kappa shape index (κ1) is 31.1. The van der Waals surface area contributed by atoms with Crippen molar-refractivity contribution in [3.8, 4) is 23.0 Å². The highest BCUT2D eigenvalue weighted by atomic mass is 19.4. The maximum atomic E-state index is 13.4. The minimum atomic E-state index is -5.33. The average molecular weight is 590 g/mol. The van der Waals surface area contributed by atoms with Crippen LogP contribution in [0.4, 0.5) is 18.9 Å². The number of hydrogen-bond donors (Lipinski definition) is 5. The van der Waals surface area contributed by atoms with Crippen molar-refractivity contribution in [3.63, 3.8) is 0 Å². The molecule has 0 aromatic heterocycles. The first-order valence-electron chi connectivity index (χ1n) is 11.9. The van der Waals surface area contributed by atoms with Gasteiger partial charge in [-0.3, -0.25) is 25.8 Å². The number of ether oxygens (including phenoxy) is 4. The van der Waals surface area contributed by atoms with E-state index >= 15 is 0 Å². The molecule has 6 N–H and O–H groups in total. The topological polar surface area (TPSA) is 174 Å². The number of anilines is 1. The van der Waals surface area contributed by atoms with Crippen LogP contribution < -0.4 is 40.8 Å². The van der Waals surface area contributed by atoms with Crippen LogP contribution in [0.1, 0.15) is 27.5 Å². The van der Waals surface area contributed by atoms with Crippen LogP contribution in [-0.2, 0) is 9.59 Å². The second kappa shape index (κ2) is 13.3. The summed E-state index contributed by atoms with van der Waals surface area (Å²) in [6, 6.07) is 12.9.